The zero-order valence-corrected chi connectivity index (χ0v) is 12.7. The van der Waals surface area contributed by atoms with Gasteiger partial charge in [-0.1, -0.05) is 5.92 Å². The van der Waals surface area contributed by atoms with E-state index in [0.717, 1.165) is 0 Å². The lowest BCUT2D eigenvalue weighted by atomic mass is 10.1. The van der Waals surface area contributed by atoms with Crippen molar-refractivity contribution < 1.29 is 14.3 Å². The van der Waals surface area contributed by atoms with E-state index >= 15 is 0 Å². The molecule has 0 fully saturated rings. The van der Waals surface area contributed by atoms with E-state index in [1.165, 1.54) is 4.68 Å². The summed E-state index contributed by atoms with van der Waals surface area (Å²) in [7, 11) is 0. The number of ether oxygens (including phenoxy) is 1. The molecule has 0 saturated carbocycles. The molecule has 0 radical (unpaired) electrons. The highest BCUT2D eigenvalue weighted by Gasteiger charge is 2.20. The quantitative estimate of drug-likeness (QED) is 0.686. The van der Waals surface area contributed by atoms with Gasteiger partial charge >= 0.3 is 5.97 Å². The second-order valence-electron chi connectivity index (χ2n) is 5.83. The lowest BCUT2D eigenvalue weighted by Gasteiger charge is -2.19. The van der Waals surface area contributed by atoms with Crippen LogP contribution in [0.1, 0.15) is 36.8 Å². The first-order valence-corrected chi connectivity index (χ1v) is 6.70. The lowest BCUT2D eigenvalue weighted by Crippen LogP contribution is -2.27. The van der Waals surface area contributed by atoms with Gasteiger partial charge in [0.2, 0.25) is 0 Å². The largest absolute Gasteiger partial charge is 0.459 e. The number of rotatable bonds is 3. The number of benzene rings is 1. The molecule has 0 spiro atoms. The molecule has 0 unspecified atom stereocenters. The number of hydrogen-bond acceptors (Lipinski definition) is 4. The van der Waals surface area contributed by atoms with Crippen LogP contribution in [0.15, 0.2) is 18.2 Å². The van der Waals surface area contributed by atoms with Gasteiger partial charge in [0.15, 0.2) is 5.69 Å². The van der Waals surface area contributed by atoms with Crippen LogP contribution in [0.5, 0.6) is 0 Å². The SMILES string of the molecule is C#Cc1ccc2c(c1)c(C(N)=O)nn2CC(=O)OC(C)(C)C. The van der Waals surface area contributed by atoms with E-state index in [0.29, 0.717) is 16.5 Å². The molecular weight excluding hydrogens is 282 g/mol. The lowest BCUT2D eigenvalue weighted by molar-refractivity contribution is -0.155. The molecule has 1 aromatic heterocycles. The molecule has 0 aliphatic rings. The molecule has 1 amide bonds. The highest BCUT2D eigenvalue weighted by atomic mass is 16.6. The van der Waals surface area contributed by atoms with Crippen LogP contribution in [0.3, 0.4) is 0 Å². The molecule has 1 aromatic carbocycles. The van der Waals surface area contributed by atoms with E-state index < -0.39 is 17.5 Å². The molecule has 0 aliphatic carbocycles. The van der Waals surface area contributed by atoms with Gasteiger partial charge in [-0.15, -0.1) is 6.42 Å². The Balaban J connectivity index is 2.45. The Bertz CT molecular complexity index is 791. The van der Waals surface area contributed by atoms with Gasteiger partial charge < -0.3 is 10.5 Å². The Morgan fingerprint density at radius 3 is 2.64 bits per heavy atom. The molecule has 0 atom stereocenters. The highest BCUT2D eigenvalue weighted by Crippen LogP contribution is 2.20. The average Bonchev–Trinajstić information content (AvgIpc) is 2.74. The fourth-order valence-electron chi connectivity index (χ4n) is 2.07. The maximum atomic E-state index is 11.9. The van der Waals surface area contributed by atoms with Gasteiger partial charge in [-0.3, -0.25) is 14.3 Å². The summed E-state index contributed by atoms with van der Waals surface area (Å²) in [6, 6.07) is 5.06. The number of fused-ring (bicyclic) bond motifs is 1. The predicted molar refractivity (Wildman–Crippen MR) is 82.0 cm³/mol. The van der Waals surface area contributed by atoms with Gasteiger partial charge in [0.25, 0.3) is 5.91 Å². The van der Waals surface area contributed by atoms with Crippen LogP contribution in [0.2, 0.25) is 0 Å². The Kier molecular flexibility index (Phi) is 3.91. The summed E-state index contributed by atoms with van der Waals surface area (Å²) in [6.45, 7) is 5.22. The molecule has 6 heteroatoms. The number of nitrogens with two attached hydrogens (primary N) is 1. The molecule has 6 nitrogen and oxygen atoms in total. The summed E-state index contributed by atoms with van der Waals surface area (Å²) in [5.41, 5.74) is 6.02. The van der Waals surface area contributed by atoms with Gasteiger partial charge in [0, 0.05) is 10.9 Å². The standard InChI is InChI=1S/C16H17N3O3/c1-5-10-6-7-12-11(8-10)14(15(17)21)18-19(12)9-13(20)22-16(2,3)4/h1,6-8H,9H2,2-4H3,(H2,17,21). The van der Waals surface area contributed by atoms with Crippen molar-refractivity contribution in [3.8, 4) is 12.3 Å². The van der Waals surface area contributed by atoms with Gasteiger partial charge in [-0.2, -0.15) is 5.10 Å². The summed E-state index contributed by atoms with van der Waals surface area (Å²) < 4.78 is 6.65. The molecule has 2 N–H and O–H groups in total. The van der Waals surface area contributed by atoms with Gasteiger partial charge in [0.05, 0.1) is 5.52 Å². The summed E-state index contributed by atoms with van der Waals surface area (Å²) in [6.07, 6.45) is 5.36. The molecule has 1 heterocycles. The summed E-state index contributed by atoms with van der Waals surface area (Å²) in [5, 5.41) is 4.63. The first kappa shape index (κ1) is 15.6. The minimum atomic E-state index is -0.679. The number of terminal acetylenes is 1. The van der Waals surface area contributed by atoms with Crippen LogP contribution in [0, 0.1) is 12.3 Å². The topological polar surface area (TPSA) is 87.2 Å². The fourth-order valence-corrected chi connectivity index (χ4v) is 2.07. The maximum absolute atomic E-state index is 11.9. The van der Waals surface area contributed by atoms with Crippen LogP contribution < -0.4 is 5.73 Å². The number of hydrogen-bond donors (Lipinski definition) is 1. The molecule has 22 heavy (non-hydrogen) atoms. The Hall–Kier alpha value is -2.81. The van der Waals surface area contributed by atoms with Gasteiger partial charge in [-0.05, 0) is 39.0 Å². The summed E-state index contributed by atoms with van der Waals surface area (Å²) >= 11 is 0. The average molecular weight is 299 g/mol. The van der Waals surface area contributed by atoms with E-state index in [2.05, 4.69) is 11.0 Å². The molecular formula is C16H17N3O3. The predicted octanol–water partition coefficient (Wildman–Crippen LogP) is 1.46. The van der Waals surface area contributed by atoms with Crippen molar-refractivity contribution in [3.05, 3.63) is 29.5 Å². The van der Waals surface area contributed by atoms with E-state index in [9.17, 15) is 9.59 Å². The molecule has 114 valence electrons. The highest BCUT2D eigenvalue weighted by molar-refractivity contribution is 6.04. The molecule has 2 rings (SSSR count). The zero-order valence-electron chi connectivity index (χ0n) is 12.7. The number of aromatic nitrogens is 2. The third-order valence-corrected chi connectivity index (χ3v) is 2.85. The van der Waals surface area contributed by atoms with Crippen LogP contribution >= 0.6 is 0 Å². The zero-order chi connectivity index (χ0) is 16.5. The van der Waals surface area contributed by atoms with Crippen molar-refractivity contribution in [2.24, 2.45) is 5.73 Å². The molecule has 2 aromatic rings. The van der Waals surface area contributed by atoms with Gasteiger partial charge in [-0.25, -0.2) is 0 Å². The maximum Gasteiger partial charge on any atom is 0.328 e. The Morgan fingerprint density at radius 1 is 1.41 bits per heavy atom. The van der Waals surface area contributed by atoms with Crippen molar-refractivity contribution in [2.75, 3.05) is 0 Å². The second-order valence-corrected chi connectivity index (χ2v) is 5.83. The minimum Gasteiger partial charge on any atom is -0.459 e. The molecule has 0 saturated heterocycles. The summed E-state index contributed by atoms with van der Waals surface area (Å²) in [4.78, 5) is 23.5. The summed E-state index contributed by atoms with van der Waals surface area (Å²) in [5.74, 6) is 1.36. The van der Waals surface area contributed by atoms with E-state index in [1.54, 1.807) is 39.0 Å². The van der Waals surface area contributed by atoms with Crippen molar-refractivity contribution in [1.29, 1.82) is 0 Å². The second kappa shape index (κ2) is 5.53. The number of nitrogens with zero attached hydrogens (tertiary/aromatic N) is 2. The normalized spacial score (nSPS) is 11.2. The Morgan fingerprint density at radius 2 is 2.09 bits per heavy atom. The first-order valence-electron chi connectivity index (χ1n) is 6.70. The number of carbonyl (C=O) groups is 2. The fraction of sp³-hybridized carbons (Fsp3) is 0.312. The van der Waals surface area contributed by atoms with Crippen molar-refractivity contribution in [1.82, 2.24) is 9.78 Å². The van der Waals surface area contributed by atoms with Crippen molar-refractivity contribution >= 4 is 22.8 Å². The first-order chi connectivity index (χ1) is 10.2. The molecule has 0 aliphatic heterocycles. The number of carbonyl (C=O) groups excluding carboxylic acids is 2. The number of amides is 1. The monoisotopic (exact) mass is 299 g/mol. The van der Waals surface area contributed by atoms with E-state index in [-0.39, 0.29) is 12.2 Å². The third kappa shape index (κ3) is 3.26. The van der Waals surface area contributed by atoms with Gasteiger partial charge in [0.1, 0.15) is 12.1 Å². The number of primary amides is 1. The van der Waals surface area contributed by atoms with Crippen molar-refractivity contribution in [3.63, 3.8) is 0 Å². The Labute approximate surface area is 128 Å². The van der Waals surface area contributed by atoms with Crippen LogP contribution in [0.25, 0.3) is 10.9 Å². The third-order valence-electron chi connectivity index (χ3n) is 2.85. The van der Waals surface area contributed by atoms with E-state index in [4.69, 9.17) is 16.9 Å². The van der Waals surface area contributed by atoms with Crippen molar-refractivity contribution in [2.45, 2.75) is 32.9 Å². The number of esters is 1. The smallest absolute Gasteiger partial charge is 0.328 e. The van der Waals surface area contributed by atoms with Crippen LogP contribution in [0.4, 0.5) is 0 Å². The van der Waals surface area contributed by atoms with Crippen LogP contribution in [-0.4, -0.2) is 27.3 Å². The minimum absolute atomic E-state index is 0.0793. The molecule has 0 bridgehead atoms. The van der Waals surface area contributed by atoms with E-state index in [1.807, 2.05) is 0 Å². The van der Waals surface area contributed by atoms with Crippen LogP contribution in [-0.2, 0) is 16.1 Å².